The predicted octanol–water partition coefficient (Wildman–Crippen LogP) is 2.50. The average molecular weight is 226 g/mol. The Balaban J connectivity index is 1.91. The van der Waals surface area contributed by atoms with Gasteiger partial charge in [0.05, 0.1) is 0 Å². The molecule has 0 atom stereocenters. The van der Waals surface area contributed by atoms with Crippen LogP contribution >= 0.6 is 11.5 Å². The quantitative estimate of drug-likeness (QED) is 0.828. The Labute approximate surface area is 94.5 Å². The molecule has 0 aromatic carbocycles. The van der Waals surface area contributed by atoms with Gasteiger partial charge >= 0.3 is 0 Å². The number of hydrogen-bond acceptors (Lipinski definition) is 5. The lowest BCUT2D eigenvalue weighted by Crippen LogP contribution is -2.25. The summed E-state index contributed by atoms with van der Waals surface area (Å²) in [6.45, 7) is 3.29. The molecule has 0 amide bonds. The van der Waals surface area contributed by atoms with Crippen LogP contribution in [0, 0.1) is 5.41 Å². The molecule has 1 aliphatic rings. The van der Waals surface area contributed by atoms with Crippen molar-refractivity contribution in [1.82, 2.24) is 9.36 Å². The molecule has 84 valence electrons. The molecule has 0 radical (unpaired) electrons. The molecule has 5 heteroatoms. The highest BCUT2D eigenvalue weighted by Gasteiger charge is 2.31. The van der Waals surface area contributed by atoms with E-state index in [1.54, 1.807) is 0 Å². The summed E-state index contributed by atoms with van der Waals surface area (Å²) >= 11 is 1.34. The van der Waals surface area contributed by atoms with Crippen LogP contribution in [0.1, 0.15) is 39.0 Å². The summed E-state index contributed by atoms with van der Waals surface area (Å²) in [5.41, 5.74) is 5.96. The summed E-state index contributed by atoms with van der Waals surface area (Å²) in [5, 5.41) is 4.22. The van der Waals surface area contributed by atoms with E-state index in [9.17, 15) is 0 Å². The molecule has 0 saturated heterocycles. The first-order valence-electron chi connectivity index (χ1n) is 5.57. The number of nitrogens with one attached hydrogen (secondary N) is 1. The molecule has 1 fully saturated rings. The Hall–Kier alpha value is -0.840. The third-order valence-electron chi connectivity index (χ3n) is 3.47. The van der Waals surface area contributed by atoms with Crippen LogP contribution < -0.4 is 11.1 Å². The predicted molar refractivity (Wildman–Crippen MR) is 64.0 cm³/mol. The fraction of sp³-hybridized carbons (Fsp3) is 0.800. The van der Waals surface area contributed by atoms with Gasteiger partial charge in [-0.3, -0.25) is 0 Å². The van der Waals surface area contributed by atoms with Crippen LogP contribution in [-0.2, 0) is 0 Å². The lowest BCUT2D eigenvalue weighted by atomic mass is 9.83. The maximum absolute atomic E-state index is 5.48. The van der Waals surface area contributed by atoms with Gasteiger partial charge < -0.3 is 11.1 Å². The minimum atomic E-state index is 0.375. The molecule has 1 saturated carbocycles. The Morgan fingerprint density at radius 2 is 2.20 bits per heavy atom. The van der Waals surface area contributed by atoms with Crippen LogP contribution in [0.5, 0.6) is 0 Å². The molecule has 1 heterocycles. The highest BCUT2D eigenvalue weighted by atomic mass is 32.1. The standard InChI is InChI=1S/C10H18N4S/c1-2-10(5-3-4-6-10)7-12-9-13-8(11)14-15-9/h2-7H2,1H3,(H3,11,12,13,14). The van der Waals surface area contributed by atoms with Gasteiger partial charge in [0, 0.05) is 18.1 Å². The zero-order valence-electron chi connectivity index (χ0n) is 9.12. The van der Waals surface area contributed by atoms with E-state index in [0.717, 1.165) is 11.7 Å². The molecule has 1 aliphatic carbocycles. The van der Waals surface area contributed by atoms with E-state index < -0.39 is 0 Å². The molecule has 0 bridgehead atoms. The van der Waals surface area contributed by atoms with Crippen molar-refractivity contribution in [3.8, 4) is 0 Å². The van der Waals surface area contributed by atoms with Crippen LogP contribution in [0.4, 0.5) is 11.1 Å². The van der Waals surface area contributed by atoms with Gasteiger partial charge in [-0.2, -0.15) is 9.36 Å². The average Bonchev–Trinajstić information content (AvgIpc) is 2.85. The lowest BCUT2D eigenvalue weighted by Gasteiger charge is -2.27. The number of nitrogen functional groups attached to an aromatic ring is 1. The molecule has 0 aliphatic heterocycles. The van der Waals surface area contributed by atoms with Crippen LogP contribution in [0.25, 0.3) is 0 Å². The number of nitrogens with two attached hydrogens (primary N) is 1. The number of anilines is 2. The Morgan fingerprint density at radius 3 is 2.73 bits per heavy atom. The van der Waals surface area contributed by atoms with Gasteiger partial charge in [-0.25, -0.2) is 0 Å². The smallest absolute Gasteiger partial charge is 0.233 e. The topological polar surface area (TPSA) is 63.8 Å². The first kappa shape index (κ1) is 10.7. The number of nitrogens with zero attached hydrogens (tertiary/aromatic N) is 2. The minimum absolute atomic E-state index is 0.375. The molecule has 2 rings (SSSR count). The van der Waals surface area contributed by atoms with Crippen molar-refractivity contribution in [2.24, 2.45) is 5.41 Å². The van der Waals surface area contributed by atoms with E-state index in [1.807, 2.05) is 0 Å². The molecule has 0 unspecified atom stereocenters. The van der Waals surface area contributed by atoms with Crippen molar-refractivity contribution in [3.05, 3.63) is 0 Å². The van der Waals surface area contributed by atoms with E-state index in [0.29, 0.717) is 11.4 Å². The first-order valence-corrected chi connectivity index (χ1v) is 6.34. The van der Waals surface area contributed by atoms with E-state index in [-0.39, 0.29) is 0 Å². The highest BCUT2D eigenvalue weighted by Crippen LogP contribution is 2.40. The Bertz CT molecular complexity index is 317. The first-order chi connectivity index (χ1) is 7.24. The fourth-order valence-electron chi connectivity index (χ4n) is 2.35. The molecule has 1 aromatic heterocycles. The molecule has 15 heavy (non-hydrogen) atoms. The summed E-state index contributed by atoms with van der Waals surface area (Å²) in [6.07, 6.45) is 6.66. The minimum Gasteiger partial charge on any atom is -0.367 e. The van der Waals surface area contributed by atoms with E-state index in [4.69, 9.17) is 5.73 Å². The normalized spacial score (nSPS) is 19.3. The molecular weight excluding hydrogens is 208 g/mol. The van der Waals surface area contributed by atoms with Gasteiger partial charge in [-0.1, -0.05) is 19.8 Å². The fourth-order valence-corrected chi connectivity index (χ4v) is 2.84. The zero-order valence-corrected chi connectivity index (χ0v) is 9.94. The van der Waals surface area contributed by atoms with E-state index in [2.05, 4.69) is 21.6 Å². The van der Waals surface area contributed by atoms with Crippen LogP contribution in [-0.4, -0.2) is 15.9 Å². The van der Waals surface area contributed by atoms with Gasteiger partial charge in [0.1, 0.15) is 0 Å². The van der Waals surface area contributed by atoms with Gasteiger partial charge in [-0.15, -0.1) is 0 Å². The Morgan fingerprint density at radius 1 is 1.47 bits per heavy atom. The van der Waals surface area contributed by atoms with Crippen LogP contribution in [0.15, 0.2) is 0 Å². The van der Waals surface area contributed by atoms with Gasteiger partial charge in [0.2, 0.25) is 11.1 Å². The van der Waals surface area contributed by atoms with Crippen molar-refractivity contribution in [3.63, 3.8) is 0 Å². The van der Waals surface area contributed by atoms with Crippen molar-refractivity contribution in [1.29, 1.82) is 0 Å². The molecular formula is C10H18N4S. The number of aromatic nitrogens is 2. The SMILES string of the molecule is CCC1(CNc2nc(N)ns2)CCCC1. The largest absolute Gasteiger partial charge is 0.367 e. The maximum Gasteiger partial charge on any atom is 0.233 e. The van der Waals surface area contributed by atoms with Crippen LogP contribution in [0.3, 0.4) is 0 Å². The second kappa shape index (κ2) is 4.35. The summed E-state index contributed by atoms with van der Waals surface area (Å²) in [4.78, 5) is 4.11. The molecule has 1 aromatic rings. The van der Waals surface area contributed by atoms with Crippen molar-refractivity contribution in [2.45, 2.75) is 39.0 Å². The third-order valence-corrected chi connectivity index (χ3v) is 4.16. The van der Waals surface area contributed by atoms with Gasteiger partial charge in [0.25, 0.3) is 0 Å². The van der Waals surface area contributed by atoms with Gasteiger partial charge in [-0.05, 0) is 24.7 Å². The second-order valence-corrected chi connectivity index (χ2v) is 5.12. The number of rotatable bonds is 4. The van der Waals surface area contributed by atoms with Gasteiger partial charge in [0.15, 0.2) is 0 Å². The third kappa shape index (κ3) is 2.40. The molecule has 0 spiro atoms. The van der Waals surface area contributed by atoms with Crippen molar-refractivity contribution >= 4 is 22.6 Å². The maximum atomic E-state index is 5.48. The second-order valence-electron chi connectivity index (χ2n) is 4.37. The monoisotopic (exact) mass is 226 g/mol. The molecule has 4 nitrogen and oxygen atoms in total. The lowest BCUT2D eigenvalue weighted by molar-refractivity contribution is 0.307. The van der Waals surface area contributed by atoms with E-state index in [1.165, 1.54) is 43.6 Å². The summed E-state index contributed by atoms with van der Waals surface area (Å²) < 4.78 is 3.96. The summed E-state index contributed by atoms with van der Waals surface area (Å²) in [5.74, 6) is 0.375. The highest BCUT2D eigenvalue weighted by molar-refractivity contribution is 7.09. The summed E-state index contributed by atoms with van der Waals surface area (Å²) in [6, 6.07) is 0. The zero-order chi connectivity index (χ0) is 10.7. The van der Waals surface area contributed by atoms with Crippen molar-refractivity contribution in [2.75, 3.05) is 17.6 Å². The van der Waals surface area contributed by atoms with E-state index >= 15 is 0 Å². The summed E-state index contributed by atoms with van der Waals surface area (Å²) in [7, 11) is 0. The van der Waals surface area contributed by atoms with Crippen molar-refractivity contribution < 1.29 is 0 Å². The van der Waals surface area contributed by atoms with Crippen LogP contribution in [0.2, 0.25) is 0 Å². The Kier molecular flexibility index (Phi) is 3.09. The molecule has 3 N–H and O–H groups in total. The number of hydrogen-bond donors (Lipinski definition) is 2.